The molecule has 2 heteroatoms. The van der Waals surface area contributed by atoms with Crippen LogP contribution in [0, 0.1) is 11.8 Å². The maximum absolute atomic E-state index is 5.97. The third-order valence-corrected chi connectivity index (χ3v) is 4.61. The first kappa shape index (κ1) is 15.0. The fourth-order valence-corrected chi connectivity index (χ4v) is 3.15. The molecule has 1 aliphatic heterocycles. The van der Waals surface area contributed by atoms with Gasteiger partial charge < -0.3 is 5.73 Å². The van der Waals surface area contributed by atoms with Gasteiger partial charge in [-0.3, -0.25) is 4.90 Å². The summed E-state index contributed by atoms with van der Waals surface area (Å²) in [4.78, 5) is 2.71. The third-order valence-electron chi connectivity index (χ3n) is 4.61. The van der Waals surface area contributed by atoms with E-state index in [1.165, 1.54) is 38.6 Å². The largest absolute Gasteiger partial charge is 0.329 e. The van der Waals surface area contributed by atoms with E-state index < -0.39 is 0 Å². The second-order valence-corrected chi connectivity index (χ2v) is 6.07. The summed E-state index contributed by atoms with van der Waals surface area (Å²) in [6.07, 6.45) is 6.57. The predicted molar refractivity (Wildman–Crippen MR) is 76.1 cm³/mol. The summed E-state index contributed by atoms with van der Waals surface area (Å²) in [5.74, 6) is 1.71. The number of likely N-dealkylation sites (tertiary alicyclic amines) is 1. The van der Waals surface area contributed by atoms with Gasteiger partial charge in [-0.1, -0.05) is 34.1 Å². The van der Waals surface area contributed by atoms with Gasteiger partial charge in [-0.2, -0.15) is 0 Å². The van der Waals surface area contributed by atoms with E-state index in [-0.39, 0.29) is 0 Å². The zero-order valence-electron chi connectivity index (χ0n) is 12.3. The van der Waals surface area contributed by atoms with Gasteiger partial charge in [0, 0.05) is 18.6 Å². The van der Waals surface area contributed by atoms with Crippen molar-refractivity contribution in [2.75, 3.05) is 13.1 Å². The molecule has 0 aromatic heterocycles. The monoisotopic (exact) mass is 240 g/mol. The van der Waals surface area contributed by atoms with Crippen LogP contribution in [0.4, 0.5) is 0 Å². The van der Waals surface area contributed by atoms with Crippen molar-refractivity contribution in [3.63, 3.8) is 0 Å². The van der Waals surface area contributed by atoms with E-state index >= 15 is 0 Å². The summed E-state index contributed by atoms with van der Waals surface area (Å²) in [6, 6.07) is 1.39. The van der Waals surface area contributed by atoms with Crippen molar-refractivity contribution in [2.45, 2.75) is 71.9 Å². The topological polar surface area (TPSA) is 29.3 Å². The Morgan fingerprint density at radius 2 is 2.00 bits per heavy atom. The second-order valence-electron chi connectivity index (χ2n) is 6.07. The number of nitrogens with two attached hydrogens (primary N) is 1. The number of piperidine rings is 1. The molecule has 1 saturated heterocycles. The number of nitrogens with zero attached hydrogens (tertiary/aromatic N) is 1. The molecule has 17 heavy (non-hydrogen) atoms. The van der Waals surface area contributed by atoms with Crippen molar-refractivity contribution in [3.05, 3.63) is 0 Å². The summed E-state index contributed by atoms with van der Waals surface area (Å²) in [5.41, 5.74) is 5.97. The Kier molecular flexibility index (Phi) is 6.50. The van der Waals surface area contributed by atoms with Gasteiger partial charge in [0.25, 0.3) is 0 Å². The molecule has 2 nitrogen and oxygen atoms in total. The van der Waals surface area contributed by atoms with Crippen molar-refractivity contribution < 1.29 is 0 Å². The highest BCUT2D eigenvalue weighted by atomic mass is 15.2. The SMILES string of the molecule is CCC(C)CC(CC)N1CCC(C)CC1CN. The van der Waals surface area contributed by atoms with E-state index in [1.807, 2.05) is 0 Å². The lowest BCUT2D eigenvalue weighted by Crippen LogP contribution is -2.51. The summed E-state index contributed by atoms with van der Waals surface area (Å²) in [7, 11) is 0. The zero-order valence-corrected chi connectivity index (χ0v) is 12.3. The lowest BCUT2D eigenvalue weighted by molar-refractivity contribution is 0.0622. The van der Waals surface area contributed by atoms with E-state index in [2.05, 4.69) is 32.6 Å². The molecule has 4 atom stereocenters. The Morgan fingerprint density at radius 1 is 1.29 bits per heavy atom. The fourth-order valence-electron chi connectivity index (χ4n) is 3.15. The van der Waals surface area contributed by atoms with Crippen molar-refractivity contribution in [1.82, 2.24) is 4.90 Å². The first-order valence-corrected chi connectivity index (χ1v) is 7.58. The van der Waals surface area contributed by atoms with Crippen molar-refractivity contribution in [1.29, 1.82) is 0 Å². The van der Waals surface area contributed by atoms with E-state index in [0.717, 1.165) is 24.4 Å². The van der Waals surface area contributed by atoms with Crippen molar-refractivity contribution in [3.8, 4) is 0 Å². The highest BCUT2D eigenvalue weighted by Gasteiger charge is 2.30. The second kappa shape index (κ2) is 7.38. The zero-order chi connectivity index (χ0) is 12.8. The molecule has 1 fully saturated rings. The van der Waals surface area contributed by atoms with Gasteiger partial charge in [-0.25, -0.2) is 0 Å². The molecule has 1 aliphatic rings. The van der Waals surface area contributed by atoms with Crippen LogP contribution in [0.15, 0.2) is 0 Å². The van der Waals surface area contributed by atoms with E-state index in [0.29, 0.717) is 6.04 Å². The Hall–Kier alpha value is -0.0800. The lowest BCUT2D eigenvalue weighted by Gasteiger charge is -2.43. The standard InChI is InChI=1S/C15H32N2/c1-5-12(3)9-14(6-2)17-8-7-13(4)10-15(17)11-16/h12-15H,5-11,16H2,1-4H3. The molecule has 1 heterocycles. The van der Waals surface area contributed by atoms with Crippen molar-refractivity contribution in [2.24, 2.45) is 17.6 Å². The summed E-state index contributed by atoms with van der Waals surface area (Å²) in [5, 5.41) is 0. The lowest BCUT2D eigenvalue weighted by atomic mass is 9.88. The summed E-state index contributed by atoms with van der Waals surface area (Å²) >= 11 is 0. The van der Waals surface area contributed by atoms with E-state index in [9.17, 15) is 0 Å². The highest BCUT2D eigenvalue weighted by molar-refractivity contribution is 4.85. The molecule has 0 radical (unpaired) electrons. The fraction of sp³-hybridized carbons (Fsp3) is 1.00. The van der Waals surface area contributed by atoms with E-state index in [4.69, 9.17) is 5.73 Å². The van der Waals surface area contributed by atoms with Crippen LogP contribution in [-0.4, -0.2) is 30.1 Å². The average molecular weight is 240 g/mol. The summed E-state index contributed by atoms with van der Waals surface area (Å²) < 4.78 is 0. The van der Waals surface area contributed by atoms with Gasteiger partial charge in [0.1, 0.15) is 0 Å². The Labute approximate surface area is 108 Å². The van der Waals surface area contributed by atoms with Gasteiger partial charge >= 0.3 is 0 Å². The Balaban J connectivity index is 2.59. The number of rotatable bonds is 6. The van der Waals surface area contributed by atoms with Crippen LogP contribution in [0.1, 0.15) is 59.8 Å². The predicted octanol–water partition coefficient (Wildman–Crippen LogP) is 3.26. The van der Waals surface area contributed by atoms with Crippen LogP contribution >= 0.6 is 0 Å². The number of hydrogen-bond acceptors (Lipinski definition) is 2. The maximum Gasteiger partial charge on any atom is 0.0223 e. The molecule has 0 bridgehead atoms. The van der Waals surface area contributed by atoms with E-state index in [1.54, 1.807) is 0 Å². The first-order chi connectivity index (χ1) is 8.12. The Morgan fingerprint density at radius 3 is 2.53 bits per heavy atom. The van der Waals surface area contributed by atoms with Crippen LogP contribution in [0.3, 0.4) is 0 Å². The molecule has 0 spiro atoms. The third kappa shape index (κ3) is 4.26. The van der Waals surface area contributed by atoms with Gasteiger partial charge in [0.2, 0.25) is 0 Å². The molecular weight excluding hydrogens is 208 g/mol. The van der Waals surface area contributed by atoms with Crippen LogP contribution in [0.25, 0.3) is 0 Å². The minimum atomic E-state index is 0.632. The van der Waals surface area contributed by atoms with Crippen LogP contribution in [0.2, 0.25) is 0 Å². The minimum Gasteiger partial charge on any atom is -0.329 e. The van der Waals surface area contributed by atoms with Crippen LogP contribution in [-0.2, 0) is 0 Å². The molecule has 2 N–H and O–H groups in total. The molecule has 0 aliphatic carbocycles. The molecule has 4 unspecified atom stereocenters. The van der Waals surface area contributed by atoms with Gasteiger partial charge in [0.05, 0.1) is 0 Å². The smallest absolute Gasteiger partial charge is 0.0223 e. The molecule has 0 saturated carbocycles. The van der Waals surface area contributed by atoms with Gasteiger partial charge in [-0.05, 0) is 44.1 Å². The minimum absolute atomic E-state index is 0.632. The molecule has 1 rings (SSSR count). The molecule has 102 valence electrons. The van der Waals surface area contributed by atoms with Gasteiger partial charge in [0.15, 0.2) is 0 Å². The molecule has 0 aromatic carbocycles. The highest BCUT2D eigenvalue weighted by Crippen LogP contribution is 2.27. The first-order valence-electron chi connectivity index (χ1n) is 7.58. The average Bonchev–Trinajstić information content (AvgIpc) is 2.35. The Bertz CT molecular complexity index is 205. The molecule has 0 aromatic rings. The molecular formula is C15H32N2. The van der Waals surface area contributed by atoms with Crippen LogP contribution < -0.4 is 5.73 Å². The van der Waals surface area contributed by atoms with Crippen LogP contribution in [0.5, 0.6) is 0 Å². The van der Waals surface area contributed by atoms with Crippen molar-refractivity contribution >= 4 is 0 Å². The summed E-state index contributed by atoms with van der Waals surface area (Å²) in [6.45, 7) is 11.5. The molecule has 0 amide bonds. The normalized spacial score (nSPS) is 30.2. The maximum atomic E-state index is 5.97. The quantitative estimate of drug-likeness (QED) is 0.772. The number of hydrogen-bond donors (Lipinski definition) is 1. The van der Waals surface area contributed by atoms with Gasteiger partial charge in [-0.15, -0.1) is 0 Å².